The van der Waals surface area contributed by atoms with Crippen molar-refractivity contribution in [1.82, 2.24) is 49.8 Å². The van der Waals surface area contributed by atoms with Gasteiger partial charge in [0.2, 0.25) is 17.8 Å². The maximum atomic E-state index is 6.07. The third kappa shape index (κ3) is 28.5. The highest BCUT2D eigenvalue weighted by Gasteiger charge is 2.21. The van der Waals surface area contributed by atoms with Crippen LogP contribution in [0, 0.1) is 0 Å². The maximum absolute atomic E-state index is 6.07. The fraction of sp³-hybridized carbons (Fsp3) is 0.541. The van der Waals surface area contributed by atoms with Gasteiger partial charge in [0, 0.05) is 125 Å². The number of likely N-dealkylation sites (tertiary alicyclic amines) is 3. The molecule has 103 heavy (non-hydrogen) atoms. The molecular formula is C74H112BClIN16O9P. The Labute approximate surface area is 632 Å². The van der Waals surface area contributed by atoms with E-state index in [1.165, 1.54) is 89.1 Å². The minimum Gasteiger partial charge on any atom is -0.493 e. The third-order valence-corrected chi connectivity index (χ3v) is 18.3. The van der Waals surface area contributed by atoms with Gasteiger partial charge in [0.25, 0.3) is 0 Å². The lowest BCUT2D eigenvalue weighted by molar-refractivity contribution is 0.0845. The number of benzene rings is 3. The van der Waals surface area contributed by atoms with Crippen LogP contribution >= 0.6 is 43.1 Å². The van der Waals surface area contributed by atoms with E-state index >= 15 is 0 Å². The number of aromatic nitrogens is 6. The minimum atomic E-state index is 0. The fourth-order valence-electron chi connectivity index (χ4n) is 12.3. The highest BCUT2D eigenvalue weighted by Crippen LogP contribution is 2.36. The number of nitrogens with one attached hydrogen (secondary N) is 7. The summed E-state index contributed by atoms with van der Waals surface area (Å²) in [5.74, 6) is 8.40. The molecule has 0 bridgehead atoms. The van der Waals surface area contributed by atoms with Gasteiger partial charge in [-0.25, -0.2) is 15.0 Å². The number of ether oxygens (including phenoxy) is 9. The van der Waals surface area contributed by atoms with Crippen LogP contribution in [0.25, 0.3) is 5.57 Å². The van der Waals surface area contributed by atoms with Crippen molar-refractivity contribution in [1.29, 1.82) is 0 Å². The summed E-state index contributed by atoms with van der Waals surface area (Å²) in [7, 11) is 13.2. The Hall–Kier alpha value is -6.95. The van der Waals surface area contributed by atoms with Gasteiger partial charge < -0.3 is 94.5 Å². The average Bonchev–Trinajstić information content (AvgIpc) is 1.46. The fourth-order valence-corrected chi connectivity index (χ4v) is 13.1. The molecule has 4 fully saturated rings. The highest BCUT2D eigenvalue weighted by atomic mass is 127. The number of halogens is 2. The van der Waals surface area contributed by atoms with Crippen LogP contribution in [-0.4, -0.2) is 210 Å². The molecule has 1 atom stereocenters. The first-order chi connectivity index (χ1) is 49.5. The first-order valence-corrected chi connectivity index (χ1v) is 37.8. The average molecular weight is 1570 g/mol. The zero-order valence-electron chi connectivity index (χ0n) is 59.7. The van der Waals surface area contributed by atoms with E-state index in [0.717, 1.165) is 154 Å². The number of nitrogens with zero attached hydrogens (tertiary/aromatic N) is 9. The van der Waals surface area contributed by atoms with Gasteiger partial charge in [-0.2, -0.15) is 15.0 Å². The first kappa shape index (κ1) is 83.3. The minimum absolute atomic E-state index is 0. The Morgan fingerprint density at radius 2 is 0.922 bits per heavy atom. The topological polar surface area (TPSA) is 254 Å². The Kier molecular flexibility index (Phi) is 37.3. The van der Waals surface area contributed by atoms with Crippen LogP contribution in [-0.2, 0) is 14.2 Å². The van der Waals surface area contributed by atoms with E-state index in [2.05, 4.69) is 115 Å². The lowest BCUT2D eigenvalue weighted by atomic mass is 9.96. The Balaban J connectivity index is 0.000000201. The molecule has 29 heteroatoms. The van der Waals surface area contributed by atoms with Gasteiger partial charge >= 0.3 is 4.42 Å². The Morgan fingerprint density at radius 1 is 0.505 bits per heavy atom. The summed E-state index contributed by atoms with van der Waals surface area (Å²) in [5.41, 5.74) is 6.95. The zero-order chi connectivity index (χ0) is 70.8. The van der Waals surface area contributed by atoms with Crippen molar-refractivity contribution in [2.75, 3.05) is 193 Å². The molecule has 12 rings (SSSR count). The van der Waals surface area contributed by atoms with Crippen LogP contribution in [0.3, 0.4) is 0 Å². The van der Waals surface area contributed by atoms with Gasteiger partial charge in [-0.05, 0) is 164 Å². The lowest BCUT2D eigenvalue weighted by Gasteiger charge is -2.22. The van der Waals surface area contributed by atoms with Gasteiger partial charge in [0.15, 0.2) is 34.5 Å². The van der Waals surface area contributed by atoms with Crippen molar-refractivity contribution >= 4 is 105 Å². The van der Waals surface area contributed by atoms with Gasteiger partial charge in [-0.3, -0.25) is 0 Å². The van der Waals surface area contributed by atoms with Crippen LogP contribution in [0.5, 0.6) is 34.5 Å². The molecule has 3 aromatic heterocycles. The van der Waals surface area contributed by atoms with Crippen molar-refractivity contribution in [2.45, 2.75) is 104 Å². The van der Waals surface area contributed by atoms with Gasteiger partial charge in [0.05, 0.1) is 79.0 Å². The molecule has 7 N–H and O–H groups in total. The summed E-state index contributed by atoms with van der Waals surface area (Å²) >= 11 is 8.35. The maximum Gasteiger partial charge on any atom is 0.346 e. The van der Waals surface area contributed by atoms with Gasteiger partial charge in [0.1, 0.15) is 22.6 Å². The van der Waals surface area contributed by atoms with E-state index in [-0.39, 0.29) is 14.9 Å². The molecule has 0 amide bonds. The number of hydrogen-bond acceptors (Lipinski definition) is 25. The number of hydrogen-bond donors (Lipinski definition) is 7. The second kappa shape index (κ2) is 46.1. The predicted octanol–water partition coefficient (Wildman–Crippen LogP) is 14.2. The first-order valence-electron chi connectivity index (χ1n) is 35.5. The molecule has 0 aliphatic carbocycles. The molecule has 0 saturated carbocycles. The number of rotatable bonds is 31. The zero-order valence-corrected chi connectivity index (χ0v) is 63.8. The molecule has 3 aromatic carbocycles. The van der Waals surface area contributed by atoms with Crippen molar-refractivity contribution in [3.63, 3.8) is 0 Å². The summed E-state index contributed by atoms with van der Waals surface area (Å²) in [6, 6.07) is 22.9. The molecule has 25 nitrogen and oxygen atoms in total. The van der Waals surface area contributed by atoms with E-state index < -0.39 is 0 Å². The summed E-state index contributed by atoms with van der Waals surface area (Å²) in [5, 5.41) is 22.7. The second-order valence-corrected chi connectivity index (χ2v) is 28.6. The molecule has 564 valence electrons. The Bertz CT molecular complexity index is 3540. The summed E-state index contributed by atoms with van der Waals surface area (Å²) in [6.45, 7) is 17.0. The molecular weight excluding hydrogens is 1460 g/mol. The lowest BCUT2D eigenvalue weighted by Crippen LogP contribution is -2.24. The standard InChI is InChI=1S/C24H35N5O3.C24H33N5O3.C19H26ClN5O2.C5H10BINOP.2CH4/c2*1-25-23-17-20(18-8-14-31-15-9-18)27-24(28-23)26-19-6-7-21(30-2)22(16-19)32-13-5-12-29-10-3-4-11-29;1-21-18-13-17(20)23-19(24-18)22-14-6-7-15(26-2)16(12-14)27-11-5-10-25-8-3-4-9-25;7-6(10)8-5-1-3-9-4-2-5;;/h6-7,16-18H,3-5,8-15H2,1-2H3,(H2,25,26,27,28);6-8,16-17H,3-5,9-15H2,1-2H3,(H2,25,26,27,28);6-7,12-13H,3-5,8-11H2,1-2H3,(H2,21,22,23,24);1,8H,2-4,10H2;2*1H4. The Morgan fingerprint density at radius 3 is 1.33 bits per heavy atom. The van der Waals surface area contributed by atoms with E-state index in [1.807, 2.05) is 80.8 Å². The SMILES string of the molecule is C.C.CNc1cc(C2=CCOCC2)nc(Nc2ccc(OC)c(OCCCN3CCCC3)c2)n1.CNc1cc(C2CCOCC2)nc(Nc2ccc(OC)c(OCCCN3CCCC3)c2)n1.CNc1cc(Cl)nc(Nc2ccc(OC)c(OCCCN3CCCC3)c2)n1.PB(I)NC1=CCOCC1. The molecule has 0 spiro atoms. The van der Waals surface area contributed by atoms with Crippen LogP contribution in [0.15, 0.2) is 90.6 Å². The van der Waals surface area contributed by atoms with Crippen LogP contribution in [0.1, 0.15) is 116 Å². The van der Waals surface area contributed by atoms with E-state index in [9.17, 15) is 0 Å². The smallest absolute Gasteiger partial charge is 0.346 e. The molecule has 6 aliphatic heterocycles. The van der Waals surface area contributed by atoms with Crippen molar-refractivity contribution in [3.8, 4) is 34.5 Å². The van der Waals surface area contributed by atoms with Crippen molar-refractivity contribution in [3.05, 3.63) is 107 Å². The molecule has 1 unspecified atom stereocenters. The molecule has 4 saturated heterocycles. The van der Waals surface area contributed by atoms with Crippen LogP contribution in [0.2, 0.25) is 5.15 Å². The molecule has 6 aliphatic rings. The number of methoxy groups -OCH3 is 3. The van der Waals surface area contributed by atoms with Gasteiger partial charge in [-0.15, -0.1) is 31.5 Å². The number of anilines is 9. The van der Waals surface area contributed by atoms with Crippen molar-refractivity contribution < 1.29 is 42.6 Å². The van der Waals surface area contributed by atoms with Crippen LogP contribution in [0.4, 0.5) is 52.4 Å². The summed E-state index contributed by atoms with van der Waals surface area (Å²) < 4.78 is 51.0. The monoisotopic (exact) mass is 1570 g/mol. The molecule has 0 radical (unpaired) electrons. The second-order valence-electron chi connectivity index (χ2n) is 24.9. The summed E-state index contributed by atoms with van der Waals surface area (Å²) in [6.07, 6.45) is 18.9. The van der Waals surface area contributed by atoms with Gasteiger partial charge in [-0.1, -0.05) is 32.5 Å². The highest BCUT2D eigenvalue weighted by molar-refractivity contribution is 14.1. The molecule has 9 heterocycles. The van der Waals surface area contributed by atoms with E-state index in [0.29, 0.717) is 83.7 Å². The van der Waals surface area contributed by atoms with Crippen molar-refractivity contribution in [2.24, 2.45) is 0 Å². The predicted molar refractivity (Wildman–Crippen MR) is 432 cm³/mol. The quantitative estimate of drug-likeness (QED) is 0.00702. The van der Waals surface area contributed by atoms with Crippen LogP contribution < -0.4 is 65.5 Å². The van der Waals surface area contributed by atoms with E-state index in [1.54, 1.807) is 34.4 Å². The van der Waals surface area contributed by atoms with E-state index in [4.69, 9.17) is 64.2 Å². The molecule has 6 aromatic rings. The summed E-state index contributed by atoms with van der Waals surface area (Å²) in [4.78, 5) is 34.7. The third-order valence-electron chi connectivity index (χ3n) is 17.6. The normalized spacial score (nSPS) is 16.0. The largest absolute Gasteiger partial charge is 0.493 e.